The Kier molecular flexibility index (Phi) is 4.12. The van der Waals surface area contributed by atoms with E-state index in [-0.39, 0.29) is 17.5 Å². The van der Waals surface area contributed by atoms with Crippen molar-refractivity contribution in [2.75, 3.05) is 0 Å². The molecule has 132 valence electrons. The molecule has 1 aliphatic carbocycles. The van der Waals surface area contributed by atoms with Crippen LogP contribution in [-0.4, -0.2) is 31.9 Å². The Morgan fingerprint density at radius 1 is 1.31 bits per heavy atom. The highest BCUT2D eigenvalue weighted by atomic mass is 16.2. The number of aryl methyl sites for hydroxylation is 2. The number of aromatic amines is 1. The second-order valence-corrected chi connectivity index (χ2v) is 6.52. The quantitative estimate of drug-likeness (QED) is 0.749. The molecule has 3 aromatic rings. The van der Waals surface area contributed by atoms with Crippen molar-refractivity contribution in [2.24, 2.45) is 7.05 Å². The first kappa shape index (κ1) is 16.3. The highest BCUT2D eigenvalue weighted by Gasteiger charge is 2.24. The van der Waals surface area contributed by atoms with Crippen molar-refractivity contribution in [3.05, 3.63) is 69.8 Å². The highest BCUT2D eigenvalue weighted by molar-refractivity contribution is 5.99. The van der Waals surface area contributed by atoms with Crippen molar-refractivity contribution in [1.82, 2.24) is 25.3 Å². The van der Waals surface area contributed by atoms with Gasteiger partial charge >= 0.3 is 0 Å². The average Bonchev–Trinajstić information content (AvgIpc) is 3.14. The van der Waals surface area contributed by atoms with E-state index in [1.54, 1.807) is 19.3 Å². The van der Waals surface area contributed by atoms with Gasteiger partial charge in [0.1, 0.15) is 0 Å². The lowest BCUT2D eigenvalue weighted by molar-refractivity contribution is 0.0934. The second-order valence-electron chi connectivity index (χ2n) is 6.52. The second kappa shape index (κ2) is 6.59. The molecule has 26 heavy (non-hydrogen) atoms. The summed E-state index contributed by atoms with van der Waals surface area (Å²) in [6.45, 7) is 0. The fourth-order valence-corrected chi connectivity index (χ4v) is 3.36. The van der Waals surface area contributed by atoms with Gasteiger partial charge in [0.15, 0.2) is 0 Å². The number of aromatic nitrogens is 4. The molecule has 1 unspecified atom stereocenters. The van der Waals surface area contributed by atoms with E-state index in [2.05, 4.69) is 20.6 Å². The number of nitrogens with one attached hydrogen (secondary N) is 2. The summed E-state index contributed by atoms with van der Waals surface area (Å²) in [7, 11) is 1.65. The molecule has 2 heterocycles. The molecule has 0 radical (unpaired) electrons. The first-order valence-corrected chi connectivity index (χ1v) is 8.57. The minimum atomic E-state index is -0.164. The Hall–Kier alpha value is -3.22. The van der Waals surface area contributed by atoms with Crippen molar-refractivity contribution in [1.29, 1.82) is 0 Å². The van der Waals surface area contributed by atoms with Gasteiger partial charge in [-0.3, -0.25) is 14.7 Å². The number of hydrogen-bond donors (Lipinski definition) is 2. The maximum absolute atomic E-state index is 12.7. The number of fused-ring (bicyclic) bond motifs is 1. The van der Waals surface area contributed by atoms with Crippen molar-refractivity contribution in [3.63, 3.8) is 0 Å². The Labute approximate surface area is 150 Å². The number of nitrogens with zero attached hydrogens (tertiary/aromatic N) is 3. The molecule has 7 heteroatoms. The third-order valence-electron chi connectivity index (χ3n) is 4.74. The molecule has 2 aromatic heterocycles. The summed E-state index contributed by atoms with van der Waals surface area (Å²) in [5, 5.41) is 14.3. The zero-order valence-corrected chi connectivity index (χ0v) is 14.4. The standard InChI is InChI=1S/C19H19N5O2/c1-24-17(25)10-13-9-14(7-8-16(13)23-24)21-19(26)15-11-20-22-18(15)12-5-3-2-4-6-12/h2-6,10-11,14H,7-9H2,1H3,(H,20,22)(H,21,26). The van der Waals surface area contributed by atoms with Crippen LogP contribution < -0.4 is 10.9 Å². The topological polar surface area (TPSA) is 92.7 Å². The van der Waals surface area contributed by atoms with Gasteiger partial charge in [0.2, 0.25) is 0 Å². The lowest BCUT2D eigenvalue weighted by Crippen LogP contribution is -2.40. The molecule has 0 saturated heterocycles. The predicted octanol–water partition coefficient (Wildman–Crippen LogP) is 1.46. The van der Waals surface area contributed by atoms with E-state index in [1.165, 1.54) is 4.68 Å². The van der Waals surface area contributed by atoms with E-state index in [4.69, 9.17) is 0 Å². The molecule has 0 aliphatic heterocycles. The Balaban J connectivity index is 1.52. The number of H-pyrrole nitrogens is 1. The van der Waals surface area contributed by atoms with Gasteiger partial charge in [-0.15, -0.1) is 0 Å². The van der Waals surface area contributed by atoms with Gasteiger partial charge < -0.3 is 5.32 Å². The Bertz CT molecular complexity index is 1010. The largest absolute Gasteiger partial charge is 0.349 e. The van der Waals surface area contributed by atoms with Crippen molar-refractivity contribution < 1.29 is 4.79 Å². The normalized spacial score (nSPS) is 16.1. The van der Waals surface area contributed by atoms with E-state index < -0.39 is 0 Å². The first-order valence-electron chi connectivity index (χ1n) is 8.57. The number of benzene rings is 1. The van der Waals surface area contributed by atoms with E-state index in [0.717, 1.165) is 29.7 Å². The van der Waals surface area contributed by atoms with Crippen LogP contribution in [0, 0.1) is 0 Å². The van der Waals surface area contributed by atoms with Crippen molar-refractivity contribution in [3.8, 4) is 11.3 Å². The van der Waals surface area contributed by atoms with Crippen LogP contribution in [0.15, 0.2) is 47.4 Å². The van der Waals surface area contributed by atoms with Crippen LogP contribution in [0.4, 0.5) is 0 Å². The van der Waals surface area contributed by atoms with Gasteiger partial charge in [-0.1, -0.05) is 30.3 Å². The summed E-state index contributed by atoms with van der Waals surface area (Å²) < 4.78 is 1.36. The van der Waals surface area contributed by atoms with Crippen LogP contribution in [-0.2, 0) is 19.9 Å². The summed E-state index contributed by atoms with van der Waals surface area (Å²) in [5.74, 6) is -0.164. The number of hydrogen-bond acceptors (Lipinski definition) is 4. The zero-order valence-electron chi connectivity index (χ0n) is 14.4. The Morgan fingerprint density at radius 2 is 2.12 bits per heavy atom. The molecule has 1 aliphatic rings. The first-order chi connectivity index (χ1) is 12.6. The molecule has 2 N–H and O–H groups in total. The molecule has 0 spiro atoms. The number of carbonyl (C=O) groups is 1. The average molecular weight is 349 g/mol. The highest BCUT2D eigenvalue weighted by Crippen LogP contribution is 2.22. The number of rotatable bonds is 3. The lowest BCUT2D eigenvalue weighted by atomic mass is 9.92. The van der Waals surface area contributed by atoms with Gasteiger partial charge in [0, 0.05) is 24.7 Å². The van der Waals surface area contributed by atoms with Gasteiger partial charge in [-0.2, -0.15) is 10.2 Å². The molecule has 1 amide bonds. The maximum atomic E-state index is 12.7. The zero-order chi connectivity index (χ0) is 18.1. The van der Waals surface area contributed by atoms with Crippen molar-refractivity contribution in [2.45, 2.75) is 25.3 Å². The number of carbonyl (C=O) groups excluding carboxylic acids is 1. The minimum absolute atomic E-state index is 0.0255. The van der Waals surface area contributed by atoms with Gasteiger partial charge in [-0.05, 0) is 24.8 Å². The monoisotopic (exact) mass is 349 g/mol. The summed E-state index contributed by atoms with van der Waals surface area (Å²) in [4.78, 5) is 24.6. The molecule has 0 fully saturated rings. The molecule has 0 saturated carbocycles. The summed E-state index contributed by atoms with van der Waals surface area (Å²) in [6, 6.07) is 11.2. The summed E-state index contributed by atoms with van der Waals surface area (Å²) in [5.41, 5.74) is 3.86. The molecule has 1 aromatic carbocycles. The third-order valence-corrected chi connectivity index (χ3v) is 4.74. The lowest BCUT2D eigenvalue weighted by Gasteiger charge is -2.24. The molecular formula is C19H19N5O2. The van der Waals surface area contributed by atoms with E-state index in [0.29, 0.717) is 17.7 Å². The molecule has 4 rings (SSSR count). The van der Waals surface area contributed by atoms with E-state index in [9.17, 15) is 9.59 Å². The van der Waals surface area contributed by atoms with Crippen LogP contribution >= 0.6 is 0 Å². The van der Waals surface area contributed by atoms with E-state index >= 15 is 0 Å². The maximum Gasteiger partial charge on any atom is 0.266 e. The minimum Gasteiger partial charge on any atom is -0.349 e. The smallest absolute Gasteiger partial charge is 0.266 e. The fraction of sp³-hybridized carbons (Fsp3) is 0.263. The van der Waals surface area contributed by atoms with Crippen LogP contribution in [0.5, 0.6) is 0 Å². The van der Waals surface area contributed by atoms with Crippen LogP contribution in [0.25, 0.3) is 11.3 Å². The third kappa shape index (κ3) is 3.03. The molecular weight excluding hydrogens is 330 g/mol. The fourth-order valence-electron chi connectivity index (χ4n) is 3.36. The van der Waals surface area contributed by atoms with Crippen LogP contribution in [0.2, 0.25) is 0 Å². The van der Waals surface area contributed by atoms with E-state index in [1.807, 2.05) is 30.3 Å². The van der Waals surface area contributed by atoms with Crippen LogP contribution in [0.1, 0.15) is 28.0 Å². The molecule has 7 nitrogen and oxygen atoms in total. The SMILES string of the molecule is Cn1nc2c(cc1=O)CC(NC(=O)c1cn[nH]c1-c1ccccc1)CC2. The molecule has 0 bridgehead atoms. The van der Waals surface area contributed by atoms with Gasteiger partial charge in [-0.25, -0.2) is 4.68 Å². The summed E-state index contributed by atoms with van der Waals surface area (Å²) >= 11 is 0. The summed E-state index contributed by atoms with van der Waals surface area (Å²) in [6.07, 6.45) is 3.70. The Morgan fingerprint density at radius 3 is 2.92 bits per heavy atom. The predicted molar refractivity (Wildman–Crippen MR) is 96.8 cm³/mol. The molecule has 1 atom stereocenters. The number of amides is 1. The van der Waals surface area contributed by atoms with Crippen molar-refractivity contribution >= 4 is 5.91 Å². The van der Waals surface area contributed by atoms with Crippen LogP contribution in [0.3, 0.4) is 0 Å². The van der Waals surface area contributed by atoms with Gasteiger partial charge in [0.25, 0.3) is 11.5 Å². The van der Waals surface area contributed by atoms with Gasteiger partial charge in [0.05, 0.1) is 23.1 Å².